The summed E-state index contributed by atoms with van der Waals surface area (Å²) in [4.78, 5) is 20.5. The summed E-state index contributed by atoms with van der Waals surface area (Å²) in [6, 6.07) is 3.17. The zero-order chi connectivity index (χ0) is 14.5. The largest absolute Gasteiger partial charge is 0.384 e. The number of hydrogen-bond donors (Lipinski definition) is 2. The maximum absolute atomic E-state index is 12.2. The van der Waals surface area contributed by atoms with E-state index in [9.17, 15) is 4.79 Å². The van der Waals surface area contributed by atoms with E-state index in [1.54, 1.807) is 18.3 Å². The maximum Gasteiger partial charge on any atom is 0.253 e. The maximum atomic E-state index is 12.2. The summed E-state index contributed by atoms with van der Waals surface area (Å²) in [5, 5.41) is 2.99. The number of carbonyl (C=O) groups is 1. The summed E-state index contributed by atoms with van der Waals surface area (Å²) in [5.41, 5.74) is 6.01. The van der Waals surface area contributed by atoms with Gasteiger partial charge in [0.15, 0.2) is 0 Å². The van der Waals surface area contributed by atoms with Gasteiger partial charge < -0.3 is 15.6 Å². The van der Waals surface area contributed by atoms with Crippen LogP contribution in [0.1, 0.15) is 42.0 Å². The molecule has 0 saturated carbocycles. The van der Waals surface area contributed by atoms with Gasteiger partial charge in [-0.2, -0.15) is 0 Å². The standard InChI is InChI=1S/C14H19N5O/c1-3-4-11(13-16-7-8-19(13)2)18-14(20)10-5-6-12(15)17-9-10/h5-9,11H,3-4H2,1-2H3,(H2,15,17)(H,18,20)/t11-/m1/s1. The molecule has 2 aromatic rings. The summed E-state index contributed by atoms with van der Waals surface area (Å²) >= 11 is 0. The predicted molar refractivity (Wildman–Crippen MR) is 77.0 cm³/mol. The first-order valence-electron chi connectivity index (χ1n) is 6.61. The molecule has 6 heteroatoms. The van der Waals surface area contributed by atoms with E-state index in [1.807, 2.05) is 17.8 Å². The first-order chi connectivity index (χ1) is 9.61. The Morgan fingerprint density at radius 1 is 1.45 bits per heavy atom. The van der Waals surface area contributed by atoms with Gasteiger partial charge in [0.25, 0.3) is 5.91 Å². The van der Waals surface area contributed by atoms with Gasteiger partial charge in [-0.1, -0.05) is 13.3 Å². The van der Waals surface area contributed by atoms with Gasteiger partial charge in [0.2, 0.25) is 0 Å². The topological polar surface area (TPSA) is 85.8 Å². The van der Waals surface area contributed by atoms with Crippen LogP contribution in [-0.2, 0) is 7.05 Å². The van der Waals surface area contributed by atoms with Crippen molar-refractivity contribution in [3.63, 3.8) is 0 Å². The minimum Gasteiger partial charge on any atom is -0.384 e. The number of nitrogens with two attached hydrogens (primary N) is 1. The fourth-order valence-electron chi connectivity index (χ4n) is 2.05. The second-order valence-corrected chi connectivity index (χ2v) is 4.68. The van der Waals surface area contributed by atoms with Crippen LogP contribution in [0.25, 0.3) is 0 Å². The lowest BCUT2D eigenvalue weighted by Gasteiger charge is -2.17. The first kappa shape index (κ1) is 14.0. The summed E-state index contributed by atoms with van der Waals surface area (Å²) in [6.45, 7) is 2.08. The SMILES string of the molecule is CCC[C@@H](NC(=O)c1ccc(N)nc1)c1nccn1C. The molecule has 20 heavy (non-hydrogen) atoms. The molecule has 0 spiro atoms. The average Bonchev–Trinajstić information content (AvgIpc) is 2.85. The van der Waals surface area contributed by atoms with E-state index in [4.69, 9.17) is 5.73 Å². The number of nitrogens with one attached hydrogen (secondary N) is 1. The fraction of sp³-hybridized carbons (Fsp3) is 0.357. The van der Waals surface area contributed by atoms with Crippen molar-refractivity contribution < 1.29 is 4.79 Å². The van der Waals surface area contributed by atoms with Crippen molar-refractivity contribution in [2.24, 2.45) is 7.05 Å². The second kappa shape index (κ2) is 6.18. The van der Waals surface area contributed by atoms with Crippen molar-refractivity contribution in [1.29, 1.82) is 0 Å². The molecular weight excluding hydrogens is 254 g/mol. The summed E-state index contributed by atoms with van der Waals surface area (Å²) < 4.78 is 1.92. The molecule has 1 atom stereocenters. The van der Waals surface area contributed by atoms with E-state index in [0.717, 1.165) is 18.7 Å². The average molecular weight is 273 g/mol. The van der Waals surface area contributed by atoms with Gasteiger partial charge in [-0.25, -0.2) is 9.97 Å². The Hall–Kier alpha value is -2.37. The molecule has 0 aliphatic rings. The minimum atomic E-state index is -0.168. The molecule has 2 aromatic heterocycles. The normalized spacial score (nSPS) is 12.1. The highest BCUT2D eigenvalue weighted by atomic mass is 16.1. The third kappa shape index (κ3) is 3.14. The zero-order valence-corrected chi connectivity index (χ0v) is 11.7. The van der Waals surface area contributed by atoms with E-state index in [0.29, 0.717) is 11.4 Å². The van der Waals surface area contributed by atoms with Crippen molar-refractivity contribution in [3.8, 4) is 0 Å². The van der Waals surface area contributed by atoms with Crippen LogP contribution in [0.3, 0.4) is 0 Å². The molecule has 0 aliphatic carbocycles. The Bertz CT molecular complexity index is 576. The van der Waals surface area contributed by atoms with Crippen molar-refractivity contribution in [1.82, 2.24) is 19.9 Å². The lowest BCUT2D eigenvalue weighted by Crippen LogP contribution is -2.30. The number of anilines is 1. The quantitative estimate of drug-likeness (QED) is 0.867. The van der Waals surface area contributed by atoms with Crippen LogP contribution in [0.15, 0.2) is 30.7 Å². The predicted octanol–water partition coefficient (Wildman–Crippen LogP) is 1.67. The number of hydrogen-bond acceptors (Lipinski definition) is 4. The zero-order valence-electron chi connectivity index (χ0n) is 11.7. The Labute approximate surface area is 118 Å². The molecule has 0 unspecified atom stereocenters. The molecule has 0 radical (unpaired) electrons. The highest BCUT2D eigenvalue weighted by Gasteiger charge is 2.18. The number of aryl methyl sites for hydroxylation is 1. The number of nitrogens with zero attached hydrogens (tertiary/aromatic N) is 3. The highest BCUT2D eigenvalue weighted by Crippen LogP contribution is 2.17. The van der Waals surface area contributed by atoms with Crippen LogP contribution in [0.2, 0.25) is 0 Å². The Balaban J connectivity index is 2.14. The molecule has 0 aliphatic heterocycles. The van der Waals surface area contributed by atoms with Crippen LogP contribution >= 0.6 is 0 Å². The molecule has 106 valence electrons. The molecule has 0 aromatic carbocycles. The molecule has 2 rings (SSSR count). The number of rotatable bonds is 5. The smallest absolute Gasteiger partial charge is 0.253 e. The molecule has 6 nitrogen and oxygen atoms in total. The molecule has 2 heterocycles. The van der Waals surface area contributed by atoms with Crippen LogP contribution in [-0.4, -0.2) is 20.4 Å². The number of nitrogen functional groups attached to an aromatic ring is 1. The summed E-state index contributed by atoms with van der Waals surface area (Å²) in [5.74, 6) is 1.08. The monoisotopic (exact) mass is 273 g/mol. The fourth-order valence-corrected chi connectivity index (χ4v) is 2.05. The van der Waals surface area contributed by atoms with E-state index in [2.05, 4.69) is 22.2 Å². The van der Waals surface area contributed by atoms with Crippen molar-refractivity contribution in [2.75, 3.05) is 5.73 Å². The lowest BCUT2D eigenvalue weighted by atomic mass is 10.1. The van der Waals surface area contributed by atoms with Gasteiger partial charge in [0.05, 0.1) is 11.6 Å². The minimum absolute atomic E-state index is 0.106. The lowest BCUT2D eigenvalue weighted by molar-refractivity contribution is 0.0931. The number of imidazole rings is 1. The molecule has 1 amide bonds. The van der Waals surface area contributed by atoms with Gasteiger partial charge >= 0.3 is 0 Å². The van der Waals surface area contributed by atoms with Gasteiger partial charge in [-0.15, -0.1) is 0 Å². The van der Waals surface area contributed by atoms with Crippen molar-refractivity contribution in [2.45, 2.75) is 25.8 Å². The van der Waals surface area contributed by atoms with Gasteiger partial charge in [0.1, 0.15) is 11.6 Å². The number of amides is 1. The molecular formula is C14H19N5O. The number of aromatic nitrogens is 3. The van der Waals surface area contributed by atoms with Crippen LogP contribution < -0.4 is 11.1 Å². The summed E-state index contributed by atoms with van der Waals surface area (Å²) in [7, 11) is 1.92. The van der Waals surface area contributed by atoms with Crippen LogP contribution in [0, 0.1) is 0 Å². The highest BCUT2D eigenvalue weighted by molar-refractivity contribution is 5.94. The Kier molecular flexibility index (Phi) is 4.34. The molecule has 0 saturated heterocycles. The third-order valence-electron chi connectivity index (χ3n) is 3.10. The van der Waals surface area contributed by atoms with E-state index in [1.165, 1.54) is 6.20 Å². The van der Waals surface area contributed by atoms with Crippen LogP contribution in [0.5, 0.6) is 0 Å². The first-order valence-corrected chi connectivity index (χ1v) is 6.61. The Morgan fingerprint density at radius 3 is 2.80 bits per heavy atom. The molecule has 0 fully saturated rings. The van der Waals surface area contributed by atoms with E-state index in [-0.39, 0.29) is 11.9 Å². The third-order valence-corrected chi connectivity index (χ3v) is 3.10. The summed E-state index contributed by atoms with van der Waals surface area (Å²) in [6.07, 6.45) is 6.87. The van der Waals surface area contributed by atoms with Gasteiger partial charge in [-0.3, -0.25) is 4.79 Å². The van der Waals surface area contributed by atoms with Crippen molar-refractivity contribution >= 4 is 11.7 Å². The van der Waals surface area contributed by atoms with Gasteiger partial charge in [-0.05, 0) is 18.6 Å². The van der Waals surface area contributed by atoms with Crippen molar-refractivity contribution in [3.05, 3.63) is 42.1 Å². The second-order valence-electron chi connectivity index (χ2n) is 4.68. The van der Waals surface area contributed by atoms with Crippen LogP contribution in [0.4, 0.5) is 5.82 Å². The number of pyridine rings is 1. The van der Waals surface area contributed by atoms with Gasteiger partial charge in [0, 0.05) is 25.6 Å². The van der Waals surface area contributed by atoms with E-state index < -0.39 is 0 Å². The van der Waals surface area contributed by atoms with E-state index >= 15 is 0 Å². The molecule has 0 bridgehead atoms. The Morgan fingerprint density at radius 2 is 2.25 bits per heavy atom. The molecule has 3 N–H and O–H groups in total. The number of carbonyl (C=O) groups excluding carboxylic acids is 1.